The lowest BCUT2D eigenvalue weighted by Gasteiger charge is -2.22. The molecule has 5 heteroatoms. The molecule has 0 spiro atoms. The number of aromatic nitrogens is 1. The van der Waals surface area contributed by atoms with Crippen molar-refractivity contribution in [3.05, 3.63) is 59.1 Å². The lowest BCUT2D eigenvalue weighted by molar-refractivity contribution is -0.116. The maximum atomic E-state index is 12.4. The molecule has 0 atom stereocenters. The van der Waals surface area contributed by atoms with E-state index in [9.17, 15) is 4.79 Å². The molecule has 1 amide bonds. The van der Waals surface area contributed by atoms with E-state index in [1.54, 1.807) is 0 Å². The summed E-state index contributed by atoms with van der Waals surface area (Å²) in [6.07, 6.45) is 2.96. The molecule has 1 aromatic heterocycles. The molecule has 1 aliphatic carbocycles. The van der Waals surface area contributed by atoms with E-state index in [0.29, 0.717) is 23.5 Å². The highest BCUT2D eigenvalue weighted by Gasteiger charge is 2.29. The summed E-state index contributed by atoms with van der Waals surface area (Å²) in [7, 11) is 0. The zero-order valence-corrected chi connectivity index (χ0v) is 17.3. The molecule has 4 nitrogen and oxygen atoms in total. The number of amides is 1. The van der Waals surface area contributed by atoms with Crippen LogP contribution in [0, 0.1) is 0 Å². The number of rotatable bonds is 8. The molecule has 0 aliphatic heterocycles. The van der Waals surface area contributed by atoms with Gasteiger partial charge in [-0.2, -0.15) is 0 Å². The minimum absolute atomic E-state index is 0.0493. The fourth-order valence-corrected chi connectivity index (χ4v) is 4.40. The van der Waals surface area contributed by atoms with E-state index in [0.717, 1.165) is 18.8 Å². The van der Waals surface area contributed by atoms with Gasteiger partial charge in [-0.25, -0.2) is 4.98 Å². The van der Waals surface area contributed by atoms with Crippen molar-refractivity contribution in [2.75, 3.05) is 11.9 Å². The van der Waals surface area contributed by atoms with Crippen molar-refractivity contribution >= 4 is 33.1 Å². The van der Waals surface area contributed by atoms with Crippen molar-refractivity contribution in [1.82, 2.24) is 9.88 Å². The highest BCUT2D eigenvalue weighted by atomic mass is 32.1. The van der Waals surface area contributed by atoms with Crippen molar-refractivity contribution < 1.29 is 4.79 Å². The number of hydrogen-bond acceptors (Lipinski definition) is 4. The average molecular weight is 394 g/mol. The Bertz CT molecular complexity index is 956. The minimum atomic E-state index is 0.0493. The summed E-state index contributed by atoms with van der Waals surface area (Å²) >= 11 is 1.51. The number of thiazole rings is 1. The van der Waals surface area contributed by atoms with Crippen molar-refractivity contribution in [1.29, 1.82) is 0 Å². The first-order valence-electron chi connectivity index (χ1n) is 10.1. The highest BCUT2D eigenvalue weighted by Crippen LogP contribution is 2.30. The Morgan fingerprint density at radius 2 is 2.00 bits per heavy atom. The van der Waals surface area contributed by atoms with E-state index >= 15 is 0 Å². The molecule has 3 aromatic rings. The van der Waals surface area contributed by atoms with E-state index in [4.69, 9.17) is 0 Å². The number of carbonyl (C=O) groups excluding carboxylic acids is 1. The lowest BCUT2D eigenvalue weighted by atomic mass is 10.0. The van der Waals surface area contributed by atoms with Crippen LogP contribution < -0.4 is 5.32 Å². The number of nitrogens with zero attached hydrogens (tertiary/aromatic N) is 2. The van der Waals surface area contributed by atoms with Crippen LogP contribution in [0.15, 0.2) is 47.8 Å². The summed E-state index contributed by atoms with van der Waals surface area (Å²) in [5, 5.41) is 8.29. The highest BCUT2D eigenvalue weighted by molar-refractivity contribution is 7.13. The third-order valence-electron chi connectivity index (χ3n) is 5.30. The normalized spacial score (nSPS) is 14.1. The van der Waals surface area contributed by atoms with Crippen molar-refractivity contribution in [3.63, 3.8) is 0 Å². The van der Waals surface area contributed by atoms with Crippen LogP contribution in [0.2, 0.25) is 0 Å². The molecule has 1 aliphatic rings. The molecule has 28 heavy (non-hydrogen) atoms. The van der Waals surface area contributed by atoms with Gasteiger partial charge in [0, 0.05) is 30.9 Å². The van der Waals surface area contributed by atoms with E-state index in [2.05, 4.69) is 71.5 Å². The third-order valence-corrected chi connectivity index (χ3v) is 6.08. The molecular weight excluding hydrogens is 366 g/mol. The molecule has 1 N–H and O–H groups in total. The molecule has 146 valence electrons. The number of carbonyl (C=O) groups is 1. The van der Waals surface area contributed by atoms with Gasteiger partial charge in [0.15, 0.2) is 5.13 Å². The van der Waals surface area contributed by atoms with Crippen LogP contribution in [0.25, 0.3) is 10.8 Å². The van der Waals surface area contributed by atoms with Gasteiger partial charge in [-0.3, -0.25) is 9.69 Å². The van der Waals surface area contributed by atoms with Gasteiger partial charge in [0.05, 0.1) is 5.69 Å². The summed E-state index contributed by atoms with van der Waals surface area (Å²) < 4.78 is 0. The number of benzene rings is 2. The topological polar surface area (TPSA) is 45.2 Å². The molecular formula is C23H27N3OS. The largest absolute Gasteiger partial charge is 0.302 e. The van der Waals surface area contributed by atoms with Crippen LogP contribution in [0.4, 0.5) is 5.13 Å². The molecule has 1 heterocycles. The van der Waals surface area contributed by atoms with Crippen molar-refractivity contribution in [3.8, 4) is 0 Å². The Morgan fingerprint density at radius 1 is 1.21 bits per heavy atom. The van der Waals surface area contributed by atoms with Gasteiger partial charge >= 0.3 is 0 Å². The molecule has 0 bridgehead atoms. The molecule has 4 rings (SSSR count). The second kappa shape index (κ2) is 8.41. The maximum absolute atomic E-state index is 12.4. The maximum Gasteiger partial charge on any atom is 0.227 e. The van der Waals surface area contributed by atoms with Gasteiger partial charge in [0.25, 0.3) is 0 Å². The Kier molecular flexibility index (Phi) is 5.74. The van der Waals surface area contributed by atoms with Crippen LogP contribution in [-0.4, -0.2) is 28.4 Å². The summed E-state index contributed by atoms with van der Waals surface area (Å²) in [4.78, 5) is 19.4. The Morgan fingerprint density at radius 3 is 2.75 bits per heavy atom. The fourth-order valence-electron chi connectivity index (χ4n) is 3.52. The predicted octanol–water partition coefficient (Wildman–Crippen LogP) is 5.41. The van der Waals surface area contributed by atoms with E-state index in [-0.39, 0.29) is 5.91 Å². The van der Waals surface area contributed by atoms with Gasteiger partial charge in [0.2, 0.25) is 5.91 Å². The number of hydrogen-bond donors (Lipinski definition) is 1. The summed E-state index contributed by atoms with van der Waals surface area (Å²) in [6.45, 7) is 5.90. The van der Waals surface area contributed by atoms with Gasteiger partial charge in [0.1, 0.15) is 0 Å². The molecule has 0 saturated heterocycles. The van der Waals surface area contributed by atoms with Crippen LogP contribution in [-0.2, 0) is 11.3 Å². The zero-order chi connectivity index (χ0) is 19.5. The molecule has 1 saturated carbocycles. The monoisotopic (exact) mass is 393 g/mol. The fraction of sp³-hybridized carbons (Fsp3) is 0.391. The summed E-state index contributed by atoms with van der Waals surface area (Å²) in [5.74, 6) is 0.432. The van der Waals surface area contributed by atoms with Crippen molar-refractivity contribution in [2.24, 2.45) is 0 Å². The minimum Gasteiger partial charge on any atom is -0.302 e. The molecule has 2 aromatic carbocycles. The van der Waals surface area contributed by atoms with Gasteiger partial charge < -0.3 is 5.32 Å². The van der Waals surface area contributed by atoms with Gasteiger partial charge in [-0.1, -0.05) is 56.3 Å². The SMILES string of the molecule is CC(C)c1csc(NC(=O)CCN(Cc2cccc3ccccc23)C2CC2)n1. The smallest absolute Gasteiger partial charge is 0.227 e. The first-order valence-corrected chi connectivity index (χ1v) is 10.9. The van der Waals surface area contributed by atoms with Crippen LogP contribution in [0.1, 0.15) is 50.3 Å². The lowest BCUT2D eigenvalue weighted by Crippen LogP contribution is -2.29. The van der Waals surface area contributed by atoms with Crippen LogP contribution >= 0.6 is 11.3 Å². The molecule has 0 radical (unpaired) electrons. The third kappa shape index (κ3) is 4.59. The van der Waals surface area contributed by atoms with Crippen LogP contribution in [0.3, 0.4) is 0 Å². The summed E-state index contributed by atoms with van der Waals surface area (Å²) in [6, 6.07) is 15.6. The number of anilines is 1. The zero-order valence-electron chi connectivity index (χ0n) is 16.5. The van der Waals surface area contributed by atoms with Gasteiger partial charge in [-0.05, 0) is 35.1 Å². The number of fused-ring (bicyclic) bond motifs is 1. The Balaban J connectivity index is 1.38. The summed E-state index contributed by atoms with van der Waals surface area (Å²) in [5.41, 5.74) is 2.38. The van der Waals surface area contributed by atoms with Gasteiger partial charge in [-0.15, -0.1) is 11.3 Å². The van der Waals surface area contributed by atoms with Crippen LogP contribution in [0.5, 0.6) is 0 Å². The number of nitrogens with one attached hydrogen (secondary N) is 1. The Labute approximate surface area is 170 Å². The van der Waals surface area contributed by atoms with E-state index in [1.807, 2.05) is 5.38 Å². The first kappa shape index (κ1) is 19.1. The standard InChI is InChI=1S/C23H27N3OS/c1-16(2)21-15-28-23(24-21)25-22(27)12-13-26(19-10-11-19)14-18-8-5-7-17-6-3-4-9-20(17)18/h3-9,15-16,19H,10-14H2,1-2H3,(H,24,25,27). The van der Waals surface area contributed by atoms with E-state index < -0.39 is 0 Å². The quantitative estimate of drug-likeness (QED) is 0.556. The second-order valence-electron chi connectivity index (χ2n) is 7.87. The molecule has 0 unspecified atom stereocenters. The van der Waals surface area contributed by atoms with E-state index in [1.165, 1.54) is 40.5 Å². The van der Waals surface area contributed by atoms with Crippen molar-refractivity contribution in [2.45, 2.75) is 51.6 Å². The Hall–Kier alpha value is -2.24. The molecule has 1 fully saturated rings. The average Bonchev–Trinajstić information content (AvgIpc) is 3.43. The predicted molar refractivity (Wildman–Crippen MR) is 117 cm³/mol. The first-order chi connectivity index (χ1) is 13.6. The second-order valence-corrected chi connectivity index (χ2v) is 8.73.